The molecule has 2 unspecified atom stereocenters. The highest BCUT2D eigenvalue weighted by atomic mass is 35.5. The van der Waals surface area contributed by atoms with Crippen LogP contribution in [-0.4, -0.2) is 11.0 Å². The van der Waals surface area contributed by atoms with Crippen LogP contribution in [-0.2, 0) is 6.54 Å². The zero-order valence-corrected chi connectivity index (χ0v) is 12.7. The van der Waals surface area contributed by atoms with Crippen molar-refractivity contribution in [1.29, 1.82) is 0 Å². The van der Waals surface area contributed by atoms with E-state index in [0.29, 0.717) is 35.0 Å². The molecule has 0 bridgehead atoms. The molecule has 1 aromatic rings. The molecule has 2 rings (SSSR count). The van der Waals surface area contributed by atoms with Crippen molar-refractivity contribution in [2.75, 3.05) is 0 Å². The number of hydrogen-bond acceptors (Lipinski definition) is 3. The second-order valence-electron chi connectivity index (χ2n) is 5.99. The molecular weight excluding hydrogens is 276 g/mol. The molecule has 0 radical (unpaired) electrons. The molecule has 4 nitrogen and oxygen atoms in total. The van der Waals surface area contributed by atoms with Crippen molar-refractivity contribution >= 4 is 17.3 Å². The standard InChI is InChI=1S/C15H21ClN2O2/c1-10-6-11(2)8-12(7-10)17-9-13-14(16)4-3-5-15(13)18(19)20/h3-5,10-12,17H,6-9H2,1-2H3. The first kappa shape index (κ1) is 15.3. The Morgan fingerprint density at radius 1 is 1.30 bits per heavy atom. The zero-order valence-electron chi connectivity index (χ0n) is 11.9. The van der Waals surface area contributed by atoms with Crippen molar-refractivity contribution in [3.63, 3.8) is 0 Å². The summed E-state index contributed by atoms with van der Waals surface area (Å²) in [6, 6.07) is 5.26. The third-order valence-electron chi connectivity index (χ3n) is 4.04. The average Bonchev–Trinajstić information content (AvgIpc) is 2.35. The lowest BCUT2D eigenvalue weighted by Crippen LogP contribution is -2.36. The first-order valence-corrected chi connectivity index (χ1v) is 7.50. The van der Waals surface area contributed by atoms with E-state index in [1.54, 1.807) is 12.1 Å². The number of halogens is 1. The first-order chi connectivity index (χ1) is 9.47. The molecule has 0 saturated heterocycles. The average molecular weight is 297 g/mol. The quantitative estimate of drug-likeness (QED) is 0.670. The third kappa shape index (κ3) is 3.70. The van der Waals surface area contributed by atoms with Gasteiger partial charge in [0.15, 0.2) is 0 Å². The molecule has 0 amide bonds. The van der Waals surface area contributed by atoms with E-state index in [4.69, 9.17) is 11.6 Å². The molecule has 0 spiro atoms. The first-order valence-electron chi connectivity index (χ1n) is 7.12. The summed E-state index contributed by atoms with van der Waals surface area (Å²) in [5, 5.41) is 15.0. The predicted molar refractivity (Wildman–Crippen MR) is 80.9 cm³/mol. The van der Waals surface area contributed by atoms with Crippen LogP contribution in [0.3, 0.4) is 0 Å². The summed E-state index contributed by atoms with van der Waals surface area (Å²) in [6.07, 6.45) is 3.52. The molecule has 1 saturated carbocycles. The SMILES string of the molecule is CC1CC(C)CC(NCc2c(Cl)cccc2[N+](=O)[O-])C1. The van der Waals surface area contributed by atoms with Gasteiger partial charge in [-0.2, -0.15) is 0 Å². The molecule has 1 aromatic carbocycles. The number of nitro groups is 1. The summed E-state index contributed by atoms with van der Waals surface area (Å²) in [4.78, 5) is 10.7. The van der Waals surface area contributed by atoms with E-state index in [1.165, 1.54) is 12.5 Å². The summed E-state index contributed by atoms with van der Waals surface area (Å²) in [5.41, 5.74) is 0.687. The van der Waals surface area contributed by atoms with Crippen molar-refractivity contribution in [2.24, 2.45) is 11.8 Å². The normalized spacial score (nSPS) is 26.4. The molecule has 1 fully saturated rings. The van der Waals surface area contributed by atoms with E-state index in [-0.39, 0.29) is 10.6 Å². The Labute approximate surface area is 124 Å². The molecule has 1 aliphatic rings. The maximum atomic E-state index is 11.0. The Kier molecular flexibility index (Phi) is 5.00. The van der Waals surface area contributed by atoms with Gasteiger partial charge in [0, 0.05) is 18.7 Å². The monoisotopic (exact) mass is 296 g/mol. The van der Waals surface area contributed by atoms with Crippen LogP contribution in [0.5, 0.6) is 0 Å². The van der Waals surface area contributed by atoms with Gasteiger partial charge in [-0.3, -0.25) is 10.1 Å². The predicted octanol–water partition coefficient (Wildman–Crippen LogP) is 4.16. The fraction of sp³-hybridized carbons (Fsp3) is 0.600. The maximum Gasteiger partial charge on any atom is 0.275 e. The zero-order chi connectivity index (χ0) is 14.7. The van der Waals surface area contributed by atoms with Crippen molar-refractivity contribution in [1.82, 2.24) is 5.32 Å². The number of rotatable bonds is 4. The largest absolute Gasteiger partial charge is 0.310 e. The minimum absolute atomic E-state index is 0.0990. The van der Waals surface area contributed by atoms with Gasteiger partial charge in [0.1, 0.15) is 0 Å². The molecule has 2 atom stereocenters. The summed E-state index contributed by atoms with van der Waals surface area (Å²) in [6.45, 7) is 4.99. The minimum atomic E-state index is -0.366. The van der Waals surface area contributed by atoms with Crippen LogP contribution in [0.2, 0.25) is 5.02 Å². The van der Waals surface area contributed by atoms with Crippen LogP contribution in [0.4, 0.5) is 5.69 Å². The highest BCUT2D eigenvalue weighted by molar-refractivity contribution is 6.31. The fourth-order valence-corrected chi connectivity index (χ4v) is 3.49. The summed E-state index contributed by atoms with van der Waals surface area (Å²) in [7, 11) is 0. The second-order valence-corrected chi connectivity index (χ2v) is 6.40. The Morgan fingerprint density at radius 3 is 2.55 bits per heavy atom. The lowest BCUT2D eigenvalue weighted by atomic mass is 9.80. The molecular formula is C15H21ClN2O2. The Bertz CT molecular complexity index is 483. The topological polar surface area (TPSA) is 55.2 Å². The van der Waals surface area contributed by atoms with Crippen molar-refractivity contribution < 1.29 is 4.92 Å². The van der Waals surface area contributed by atoms with Crippen molar-refractivity contribution in [3.8, 4) is 0 Å². The Morgan fingerprint density at radius 2 is 1.95 bits per heavy atom. The summed E-state index contributed by atoms with van der Waals surface area (Å²) >= 11 is 6.10. The molecule has 0 aromatic heterocycles. The van der Waals surface area contributed by atoms with Crippen LogP contribution in [0.15, 0.2) is 18.2 Å². The molecule has 20 heavy (non-hydrogen) atoms. The van der Waals surface area contributed by atoms with Gasteiger partial charge in [-0.15, -0.1) is 0 Å². The molecule has 5 heteroatoms. The number of nitrogens with one attached hydrogen (secondary N) is 1. The van der Waals surface area contributed by atoms with Crippen LogP contribution in [0.1, 0.15) is 38.7 Å². The molecule has 1 aliphatic carbocycles. The Balaban J connectivity index is 2.05. The minimum Gasteiger partial charge on any atom is -0.310 e. The van der Waals surface area contributed by atoms with Crippen LogP contribution in [0, 0.1) is 22.0 Å². The van der Waals surface area contributed by atoms with Gasteiger partial charge in [-0.1, -0.05) is 31.5 Å². The van der Waals surface area contributed by atoms with Gasteiger partial charge in [-0.25, -0.2) is 0 Å². The molecule has 0 heterocycles. The van der Waals surface area contributed by atoms with E-state index >= 15 is 0 Å². The molecule has 0 aliphatic heterocycles. The lowest BCUT2D eigenvalue weighted by Gasteiger charge is -2.32. The van der Waals surface area contributed by atoms with Gasteiger partial charge >= 0.3 is 0 Å². The van der Waals surface area contributed by atoms with Crippen LogP contribution < -0.4 is 5.32 Å². The van der Waals surface area contributed by atoms with Gasteiger partial charge in [-0.05, 0) is 37.2 Å². The Hall–Kier alpha value is -1.13. The highest BCUT2D eigenvalue weighted by Crippen LogP contribution is 2.30. The van der Waals surface area contributed by atoms with Crippen LogP contribution >= 0.6 is 11.6 Å². The fourth-order valence-electron chi connectivity index (χ4n) is 3.25. The third-order valence-corrected chi connectivity index (χ3v) is 4.39. The smallest absolute Gasteiger partial charge is 0.275 e. The molecule has 110 valence electrons. The maximum absolute atomic E-state index is 11.0. The lowest BCUT2D eigenvalue weighted by molar-refractivity contribution is -0.385. The van der Waals surface area contributed by atoms with Gasteiger partial charge in [0.2, 0.25) is 0 Å². The van der Waals surface area contributed by atoms with E-state index in [2.05, 4.69) is 19.2 Å². The summed E-state index contributed by atoms with van der Waals surface area (Å²) in [5.74, 6) is 1.41. The van der Waals surface area contributed by atoms with Gasteiger partial charge in [0.05, 0.1) is 15.5 Å². The van der Waals surface area contributed by atoms with E-state index in [0.717, 1.165) is 12.8 Å². The van der Waals surface area contributed by atoms with Crippen molar-refractivity contribution in [2.45, 2.75) is 45.7 Å². The summed E-state index contributed by atoms with van der Waals surface area (Å²) < 4.78 is 0. The number of hydrogen-bond donors (Lipinski definition) is 1. The van der Waals surface area contributed by atoms with Crippen LogP contribution in [0.25, 0.3) is 0 Å². The number of benzene rings is 1. The molecule has 1 N–H and O–H groups in total. The van der Waals surface area contributed by atoms with E-state index in [1.807, 2.05) is 0 Å². The number of nitrogens with zero attached hydrogens (tertiary/aromatic N) is 1. The number of nitro benzene ring substituents is 1. The van der Waals surface area contributed by atoms with E-state index in [9.17, 15) is 10.1 Å². The van der Waals surface area contributed by atoms with Crippen molar-refractivity contribution in [3.05, 3.63) is 38.9 Å². The van der Waals surface area contributed by atoms with Gasteiger partial charge < -0.3 is 5.32 Å². The highest BCUT2D eigenvalue weighted by Gasteiger charge is 2.24. The van der Waals surface area contributed by atoms with Gasteiger partial charge in [0.25, 0.3) is 5.69 Å². The van der Waals surface area contributed by atoms with E-state index < -0.39 is 0 Å². The second kappa shape index (κ2) is 6.55.